The van der Waals surface area contributed by atoms with E-state index in [0.717, 1.165) is 45.3 Å². The van der Waals surface area contributed by atoms with E-state index in [9.17, 15) is 9.59 Å². The fourth-order valence-electron chi connectivity index (χ4n) is 2.81. The molecule has 0 aromatic carbocycles. The molecule has 0 spiro atoms. The van der Waals surface area contributed by atoms with Crippen molar-refractivity contribution in [1.29, 1.82) is 0 Å². The Morgan fingerprint density at radius 3 is 2.33 bits per heavy atom. The Labute approximate surface area is 128 Å². The molecule has 21 heavy (non-hydrogen) atoms. The van der Waals surface area contributed by atoms with E-state index in [0.29, 0.717) is 16.6 Å². The van der Waals surface area contributed by atoms with Crippen LogP contribution in [0.25, 0.3) is 0 Å². The summed E-state index contributed by atoms with van der Waals surface area (Å²) < 4.78 is 0.693. The second kappa shape index (κ2) is 8.34. The lowest BCUT2D eigenvalue weighted by atomic mass is 9.99. The highest BCUT2D eigenvalue weighted by atomic mass is 16.7. The van der Waals surface area contributed by atoms with Gasteiger partial charge in [0, 0.05) is 45.8 Å². The number of hydrogen-bond donors (Lipinski definition) is 1. The Kier molecular flexibility index (Phi) is 7.11. The first kappa shape index (κ1) is 17.9. The maximum absolute atomic E-state index is 11.8. The summed E-state index contributed by atoms with van der Waals surface area (Å²) in [5.74, 6) is 0.370. The van der Waals surface area contributed by atoms with E-state index in [2.05, 4.69) is 17.3 Å². The van der Waals surface area contributed by atoms with Crippen molar-refractivity contribution in [1.82, 2.24) is 10.2 Å². The lowest BCUT2D eigenvalue weighted by Crippen LogP contribution is -2.55. The molecule has 2 saturated heterocycles. The van der Waals surface area contributed by atoms with Crippen LogP contribution in [0.1, 0.15) is 39.0 Å². The fraction of sp³-hybridized carbons (Fsp3) is 0.867. The van der Waals surface area contributed by atoms with Crippen LogP contribution in [0.5, 0.6) is 0 Å². The van der Waals surface area contributed by atoms with E-state index in [1.165, 1.54) is 13.3 Å². The molecular weight excluding hydrogens is 270 g/mol. The van der Waals surface area contributed by atoms with Gasteiger partial charge in [-0.25, -0.2) is 4.84 Å². The second-order valence-electron chi connectivity index (χ2n) is 6.01. The molecule has 0 aliphatic carbocycles. The third kappa shape index (κ3) is 5.63. The van der Waals surface area contributed by atoms with Crippen LogP contribution in [-0.4, -0.2) is 68.2 Å². The molecular formula is C15H30N3O3+. The van der Waals surface area contributed by atoms with Crippen molar-refractivity contribution >= 4 is 11.8 Å². The molecule has 2 fully saturated rings. The van der Waals surface area contributed by atoms with E-state index < -0.39 is 0 Å². The zero-order valence-corrected chi connectivity index (χ0v) is 13.9. The highest BCUT2D eigenvalue weighted by molar-refractivity contribution is 5.77. The topological polar surface area (TPSA) is 58.6 Å². The molecule has 0 radical (unpaired) electrons. The smallest absolute Gasteiger partial charge is 0.222 e. The molecule has 2 aliphatic heterocycles. The third-order valence-electron chi connectivity index (χ3n) is 4.46. The fourth-order valence-corrected chi connectivity index (χ4v) is 2.81. The Morgan fingerprint density at radius 1 is 1.33 bits per heavy atom. The lowest BCUT2D eigenvalue weighted by molar-refractivity contribution is -1.09. The first-order valence-corrected chi connectivity index (χ1v) is 7.80. The molecule has 122 valence electrons. The zero-order chi connectivity index (χ0) is 15.9. The summed E-state index contributed by atoms with van der Waals surface area (Å²) >= 11 is 0. The molecule has 0 saturated carbocycles. The first-order chi connectivity index (χ1) is 9.91. The quantitative estimate of drug-likeness (QED) is 0.772. The number of carbonyl (C=O) groups excluding carboxylic acids is 2. The number of rotatable bonds is 2. The van der Waals surface area contributed by atoms with E-state index in [4.69, 9.17) is 4.84 Å². The predicted molar refractivity (Wildman–Crippen MR) is 81.3 cm³/mol. The Bertz CT molecular complexity index is 352. The van der Waals surface area contributed by atoms with Crippen molar-refractivity contribution in [3.63, 3.8) is 0 Å². The number of quaternary nitrogens is 1. The van der Waals surface area contributed by atoms with Crippen molar-refractivity contribution in [2.45, 2.75) is 45.1 Å². The van der Waals surface area contributed by atoms with Gasteiger partial charge >= 0.3 is 0 Å². The van der Waals surface area contributed by atoms with Gasteiger partial charge in [-0.2, -0.15) is 4.65 Å². The number of nitrogens with zero attached hydrogens (tertiary/aromatic N) is 2. The minimum atomic E-state index is 0.00463. The minimum absolute atomic E-state index is 0.00463. The summed E-state index contributed by atoms with van der Waals surface area (Å²) in [5.41, 5.74) is 0. The van der Waals surface area contributed by atoms with Gasteiger partial charge in [0.25, 0.3) is 0 Å². The molecule has 2 aliphatic rings. The molecule has 2 heterocycles. The summed E-state index contributed by atoms with van der Waals surface area (Å²) in [6.45, 7) is 4.48. The third-order valence-corrected chi connectivity index (χ3v) is 4.46. The monoisotopic (exact) mass is 300 g/mol. The summed E-state index contributed by atoms with van der Waals surface area (Å²) in [5, 5.41) is 2.39. The van der Waals surface area contributed by atoms with Gasteiger partial charge in [-0.15, -0.1) is 0 Å². The largest absolute Gasteiger partial charge is 0.359 e. The molecule has 0 aromatic rings. The molecule has 1 N–H and O–H groups in total. The lowest BCUT2D eigenvalue weighted by Gasteiger charge is -2.42. The molecule has 0 atom stereocenters. The number of carbonyl (C=O) groups is 2. The molecule has 6 heteroatoms. The average molecular weight is 300 g/mol. The van der Waals surface area contributed by atoms with Gasteiger partial charge in [0.2, 0.25) is 11.8 Å². The number of hydroxylamine groups is 3. The van der Waals surface area contributed by atoms with Crippen molar-refractivity contribution < 1.29 is 19.1 Å². The summed E-state index contributed by atoms with van der Waals surface area (Å²) in [6, 6.07) is 0.467. The van der Waals surface area contributed by atoms with Crippen LogP contribution in [0.2, 0.25) is 0 Å². The van der Waals surface area contributed by atoms with Gasteiger partial charge in [-0.05, 0) is 12.8 Å². The summed E-state index contributed by atoms with van der Waals surface area (Å²) in [6.07, 6.45) is 5.17. The molecule has 0 unspecified atom stereocenters. The number of likely N-dealkylation sites (tertiary alicyclic amines) is 2. The molecule has 2 rings (SSSR count). The van der Waals surface area contributed by atoms with Crippen LogP contribution < -0.4 is 5.32 Å². The minimum Gasteiger partial charge on any atom is -0.359 e. The van der Waals surface area contributed by atoms with Crippen molar-refractivity contribution in [2.24, 2.45) is 0 Å². The predicted octanol–water partition coefficient (Wildman–Crippen LogP) is 0.922. The number of amides is 2. The Morgan fingerprint density at radius 2 is 1.90 bits per heavy atom. The number of piperidine rings is 2. The van der Waals surface area contributed by atoms with E-state index in [1.807, 2.05) is 0 Å². The van der Waals surface area contributed by atoms with Gasteiger partial charge < -0.3 is 10.2 Å². The second-order valence-corrected chi connectivity index (χ2v) is 6.01. The van der Waals surface area contributed by atoms with Gasteiger partial charge in [0.15, 0.2) is 0 Å². The van der Waals surface area contributed by atoms with Crippen molar-refractivity contribution in [3.05, 3.63) is 0 Å². The highest BCUT2D eigenvalue weighted by Gasteiger charge is 2.35. The van der Waals surface area contributed by atoms with Crippen molar-refractivity contribution in [3.8, 4) is 0 Å². The molecule has 0 aromatic heterocycles. The van der Waals surface area contributed by atoms with Crippen LogP contribution in [0.15, 0.2) is 0 Å². The number of hydrogen-bond acceptors (Lipinski definition) is 3. The Hall–Kier alpha value is -1.14. The maximum atomic E-state index is 11.8. The normalized spacial score (nSPS) is 29.4. The van der Waals surface area contributed by atoms with E-state index in [1.54, 1.807) is 14.2 Å². The van der Waals surface area contributed by atoms with Gasteiger partial charge in [-0.3, -0.25) is 9.59 Å². The Balaban J connectivity index is 0.000000383. The van der Waals surface area contributed by atoms with Crippen LogP contribution >= 0.6 is 0 Å². The van der Waals surface area contributed by atoms with Gasteiger partial charge in [0.05, 0.1) is 14.2 Å². The van der Waals surface area contributed by atoms with Crippen molar-refractivity contribution in [2.75, 3.05) is 40.8 Å². The molecule has 2 amide bonds. The van der Waals surface area contributed by atoms with Gasteiger partial charge in [-0.1, -0.05) is 0 Å². The summed E-state index contributed by atoms with van der Waals surface area (Å²) in [7, 11) is 5.49. The zero-order valence-electron chi connectivity index (χ0n) is 13.9. The molecule has 6 nitrogen and oxygen atoms in total. The van der Waals surface area contributed by atoms with Crippen LogP contribution in [0, 0.1) is 0 Å². The van der Waals surface area contributed by atoms with E-state index >= 15 is 0 Å². The summed E-state index contributed by atoms with van der Waals surface area (Å²) in [4.78, 5) is 29.1. The average Bonchev–Trinajstić information content (AvgIpc) is 2.49. The van der Waals surface area contributed by atoms with Crippen LogP contribution in [0.3, 0.4) is 0 Å². The SMILES string of the molecule is CNC(C)=O.CO[N+]1(C)CCC(N2CCCCC2=O)CC1. The van der Waals surface area contributed by atoms with Gasteiger partial charge in [0.1, 0.15) is 13.1 Å². The molecule has 0 bridgehead atoms. The van der Waals surface area contributed by atoms with Crippen LogP contribution in [-0.2, 0) is 14.4 Å². The highest BCUT2D eigenvalue weighted by Crippen LogP contribution is 2.24. The number of nitrogens with one attached hydrogen (secondary N) is 1. The maximum Gasteiger partial charge on any atom is 0.222 e. The van der Waals surface area contributed by atoms with E-state index in [-0.39, 0.29) is 5.91 Å². The standard InChI is InChI=1S/C12H23N2O2.C3H7NO/c1-14(16-2)9-6-11(7-10-14)13-8-4-3-5-12(13)15;1-3(5)4-2/h11H,3-10H2,1-2H3;1-2H3,(H,4,5)/q+1;. The first-order valence-electron chi connectivity index (χ1n) is 7.80. The van der Waals surface area contributed by atoms with Crippen LogP contribution in [0.4, 0.5) is 0 Å².